The van der Waals surface area contributed by atoms with E-state index in [1.807, 2.05) is 0 Å². The Hall–Kier alpha value is -7.28. The summed E-state index contributed by atoms with van der Waals surface area (Å²) in [5, 5.41) is 12.7. The van der Waals surface area contributed by atoms with Crippen LogP contribution in [0, 0.1) is 0 Å². The van der Waals surface area contributed by atoms with Crippen LogP contribution in [0.4, 0.5) is 0 Å². The summed E-state index contributed by atoms with van der Waals surface area (Å²) in [5.74, 6) is 0. The maximum atomic E-state index is 2.53. The van der Waals surface area contributed by atoms with E-state index < -0.39 is 5.41 Å². The van der Waals surface area contributed by atoms with E-state index >= 15 is 0 Å². The van der Waals surface area contributed by atoms with Crippen LogP contribution in [-0.4, -0.2) is 0 Å². The Morgan fingerprint density at radius 2 is 0.789 bits per heavy atom. The molecule has 0 saturated heterocycles. The van der Waals surface area contributed by atoms with Crippen LogP contribution in [0.25, 0.3) is 87.2 Å². The van der Waals surface area contributed by atoms with E-state index in [2.05, 4.69) is 218 Å². The molecule has 0 aliphatic heterocycles. The Kier molecular flexibility index (Phi) is 6.94. The minimum atomic E-state index is -0.542. The molecule has 11 aromatic rings. The lowest BCUT2D eigenvalue weighted by molar-refractivity contribution is 0.770. The van der Waals surface area contributed by atoms with Crippen molar-refractivity contribution in [3.63, 3.8) is 0 Å². The van der Waals surface area contributed by atoms with E-state index in [0.29, 0.717) is 0 Å². The van der Waals surface area contributed by atoms with Crippen molar-refractivity contribution in [1.82, 2.24) is 0 Å². The van der Waals surface area contributed by atoms with E-state index in [1.165, 1.54) is 109 Å². The molecule has 0 heterocycles. The second-order valence-corrected chi connectivity index (χ2v) is 15.5. The molecule has 57 heavy (non-hydrogen) atoms. The summed E-state index contributed by atoms with van der Waals surface area (Å²) in [4.78, 5) is 0. The predicted octanol–water partition coefficient (Wildman–Crippen LogP) is 15.1. The molecule has 0 fully saturated rings. The first-order valence-electron chi connectivity index (χ1n) is 19.9. The molecule has 0 radical (unpaired) electrons. The van der Waals surface area contributed by atoms with Crippen LogP contribution in [0.15, 0.2) is 218 Å². The van der Waals surface area contributed by atoms with E-state index in [9.17, 15) is 0 Å². The van der Waals surface area contributed by atoms with Gasteiger partial charge in [0.1, 0.15) is 0 Å². The Morgan fingerprint density at radius 1 is 0.246 bits per heavy atom. The SMILES string of the molecule is c1ccc(C2(c3ccccc3)c3cc(-c4c5ccccc5cc5c4ccc4ccccc45)ccc3-c3cc4c(-c5cccc6ccccc56)cccc4cc32)cc1. The Balaban J connectivity index is 1.20. The predicted molar refractivity (Wildman–Crippen MR) is 242 cm³/mol. The minimum absolute atomic E-state index is 0.542. The molecule has 0 spiro atoms. The molecule has 1 aliphatic rings. The molecule has 0 heteroatoms. The molecule has 0 bridgehead atoms. The maximum absolute atomic E-state index is 2.53. The Morgan fingerprint density at radius 3 is 1.53 bits per heavy atom. The minimum Gasteiger partial charge on any atom is -0.0622 e. The van der Waals surface area contributed by atoms with Gasteiger partial charge in [-0.3, -0.25) is 0 Å². The van der Waals surface area contributed by atoms with Crippen LogP contribution in [0.2, 0.25) is 0 Å². The van der Waals surface area contributed by atoms with Crippen molar-refractivity contribution in [2.24, 2.45) is 0 Å². The quantitative estimate of drug-likeness (QED) is 0.125. The summed E-state index contributed by atoms with van der Waals surface area (Å²) >= 11 is 0. The third-order valence-electron chi connectivity index (χ3n) is 12.7. The lowest BCUT2D eigenvalue weighted by Crippen LogP contribution is -2.28. The first-order chi connectivity index (χ1) is 28.3. The zero-order chi connectivity index (χ0) is 37.5. The highest BCUT2D eigenvalue weighted by Gasteiger charge is 2.46. The highest BCUT2D eigenvalue weighted by molar-refractivity contribution is 6.20. The van der Waals surface area contributed by atoms with Crippen molar-refractivity contribution in [1.29, 1.82) is 0 Å². The van der Waals surface area contributed by atoms with Gasteiger partial charge in [-0.05, 0) is 134 Å². The number of rotatable bonds is 4. The summed E-state index contributed by atoms with van der Waals surface area (Å²) < 4.78 is 0. The van der Waals surface area contributed by atoms with Crippen LogP contribution in [0.1, 0.15) is 22.3 Å². The highest BCUT2D eigenvalue weighted by Crippen LogP contribution is 2.58. The second-order valence-electron chi connectivity index (χ2n) is 15.5. The fourth-order valence-electron chi connectivity index (χ4n) is 10.2. The molecule has 0 saturated carbocycles. The fraction of sp³-hybridized carbons (Fsp3) is 0.0175. The molecule has 0 amide bonds. The van der Waals surface area contributed by atoms with Gasteiger partial charge < -0.3 is 0 Å². The molecular formula is C57H36. The normalized spacial score (nSPS) is 13.1. The lowest BCUT2D eigenvalue weighted by atomic mass is 9.67. The maximum Gasteiger partial charge on any atom is 0.0714 e. The first kappa shape index (κ1) is 32.0. The molecule has 0 unspecified atom stereocenters. The number of fused-ring (bicyclic) bond motifs is 9. The topological polar surface area (TPSA) is 0 Å². The molecule has 0 nitrogen and oxygen atoms in total. The van der Waals surface area contributed by atoms with Gasteiger partial charge >= 0.3 is 0 Å². The van der Waals surface area contributed by atoms with Gasteiger partial charge in [-0.25, -0.2) is 0 Å². The van der Waals surface area contributed by atoms with Crippen LogP contribution >= 0.6 is 0 Å². The van der Waals surface area contributed by atoms with Gasteiger partial charge in [0.05, 0.1) is 5.41 Å². The monoisotopic (exact) mass is 720 g/mol. The van der Waals surface area contributed by atoms with Crippen molar-refractivity contribution >= 4 is 53.9 Å². The Labute approximate surface area is 331 Å². The number of benzene rings is 11. The van der Waals surface area contributed by atoms with Crippen LogP contribution in [0.3, 0.4) is 0 Å². The van der Waals surface area contributed by atoms with Crippen LogP contribution < -0.4 is 0 Å². The van der Waals surface area contributed by atoms with Crippen LogP contribution in [-0.2, 0) is 5.41 Å². The second kappa shape index (κ2) is 12.4. The molecule has 11 aromatic carbocycles. The van der Waals surface area contributed by atoms with Crippen molar-refractivity contribution in [3.8, 4) is 33.4 Å². The highest BCUT2D eigenvalue weighted by atomic mass is 14.5. The first-order valence-corrected chi connectivity index (χ1v) is 19.9. The van der Waals surface area contributed by atoms with Gasteiger partial charge in [0.25, 0.3) is 0 Å². The zero-order valence-electron chi connectivity index (χ0n) is 31.3. The zero-order valence-corrected chi connectivity index (χ0v) is 31.3. The van der Waals surface area contributed by atoms with Gasteiger partial charge in [0.2, 0.25) is 0 Å². The average Bonchev–Trinajstić information content (AvgIpc) is 3.56. The molecular weight excluding hydrogens is 685 g/mol. The van der Waals surface area contributed by atoms with Gasteiger partial charge in [-0.15, -0.1) is 0 Å². The molecule has 0 N–H and O–H groups in total. The summed E-state index contributed by atoms with van der Waals surface area (Å²) in [5.41, 5.74) is 12.3. The average molecular weight is 721 g/mol. The van der Waals surface area contributed by atoms with Crippen molar-refractivity contribution < 1.29 is 0 Å². The summed E-state index contributed by atoms with van der Waals surface area (Å²) in [6.07, 6.45) is 0. The van der Waals surface area contributed by atoms with Gasteiger partial charge in [0, 0.05) is 0 Å². The van der Waals surface area contributed by atoms with Crippen molar-refractivity contribution in [2.75, 3.05) is 0 Å². The van der Waals surface area contributed by atoms with E-state index in [0.717, 1.165) is 0 Å². The molecule has 12 rings (SSSR count). The number of hydrogen-bond acceptors (Lipinski definition) is 0. The van der Waals surface area contributed by atoms with Gasteiger partial charge in [-0.1, -0.05) is 194 Å². The third-order valence-corrected chi connectivity index (χ3v) is 12.7. The Bertz CT molecular complexity index is 3350. The van der Waals surface area contributed by atoms with Crippen molar-refractivity contribution in [3.05, 3.63) is 241 Å². The summed E-state index contributed by atoms with van der Waals surface area (Å²) in [7, 11) is 0. The number of hydrogen-bond donors (Lipinski definition) is 0. The lowest BCUT2D eigenvalue weighted by Gasteiger charge is -2.34. The molecule has 264 valence electrons. The smallest absolute Gasteiger partial charge is 0.0622 e. The summed E-state index contributed by atoms with van der Waals surface area (Å²) in [6, 6.07) is 81.7. The van der Waals surface area contributed by atoms with Crippen molar-refractivity contribution in [2.45, 2.75) is 5.41 Å². The van der Waals surface area contributed by atoms with E-state index in [-0.39, 0.29) is 0 Å². The van der Waals surface area contributed by atoms with Crippen LogP contribution in [0.5, 0.6) is 0 Å². The molecule has 0 atom stereocenters. The van der Waals surface area contributed by atoms with Gasteiger partial charge in [0.15, 0.2) is 0 Å². The fourth-order valence-corrected chi connectivity index (χ4v) is 10.2. The van der Waals surface area contributed by atoms with E-state index in [1.54, 1.807) is 0 Å². The van der Waals surface area contributed by atoms with Gasteiger partial charge in [-0.2, -0.15) is 0 Å². The third kappa shape index (κ3) is 4.62. The van der Waals surface area contributed by atoms with E-state index in [4.69, 9.17) is 0 Å². The standard InChI is InChI=1S/C57H36/c1-3-20-42(21-4-1)57(43-22-5-2-6-23-43)54-35-41(56-46-26-12-9-17-39(46)33-52-45-25-11-8-16-38(45)29-32-50(52)56)30-31-49(54)53-36-51-40(34-55(53)57)19-14-28-48(51)47-27-13-18-37-15-7-10-24-44(37)47/h1-36H. The largest absolute Gasteiger partial charge is 0.0714 e. The molecule has 0 aromatic heterocycles. The molecule has 1 aliphatic carbocycles. The summed E-state index contributed by atoms with van der Waals surface area (Å²) in [6.45, 7) is 0.